The number of urea groups is 1. The Bertz CT molecular complexity index is 1260. The van der Waals surface area contributed by atoms with Gasteiger partial charge in [0.25, 0.3) is 5.91 Å². The van der Waals surface area contributed by atoms with Crippen LogP contribution in [0.25, 0.3) is 6.08 Å². The number of imide groups is 1. The highest BCUT2D eigenvalue weighted by Crippen LogP contribution is 2.35. The Morgan fingerprint density at radius 2 is 1.65 bits per heavy atom. The third-order valence-corrected chi connectivity index (χ3v) is 6.57. The average Bonchev–Trinajstić information content (AvgIpc) is 3.08. The number of methoxy groups -OCH3 is 1. The molecule has 0 bridgehead atoms. The van der Waals surface area contributed by atoms with Crippen molar-refractivity contribution in [3.63, 3.8) is 0 Å². The van der Waals surface area contributed by atoms with Crippen molar-refractivity contribution in [1.29, 1.82) is 0 Å². The Kier molecular flexibility index (Phi) is 7.60. The van der Waals surface area contributed by atoms with Crippen molar-refractivity contribution in [3.05, 3.63) is 97.0 Å². The van der Waals surface area contributed by atoms with Gasteiger partial charge in [-0.05, 0) is 59.2 Å². The minimum atomic E-state index is -0.483. The minimum absolute atomic E-state index is 0.145. The molecule has 0 aliphatic carbocycles. The third-order valence-electron chi connectivity index (χ3n) is 5.11. The molecular weight excluding hydrogens is 588 g/mol. The molecule has 1 saturated heterocycles. The number of nitrogens with one attached hydrogen (secondary N) is 1. The molecule has 34 heavy (non-hydrogen) atoms. The number of carbonyl (C=O) groups is 2. The monoisotopic (exact) mass is 604 g/mol. The molecule has 1 heterocycles. The van der Waals surface area contributed by atoms with Crippen LogP contribution >= 0.6 is 43.5 Å². The summed E-state index contributed by atoms with van der Waals surface area (Å²) in [5.41, 5.74) is 2.63. The standard InChI is InChI=1S/C25H19Br2ClN2O4/c1-33-22-11-17(20(27)12-23(22)34-14-16-2-6-18(26)7-3-16)10-21-24(31)30(25(32)29-21)13-15-4-8-19(28)9-5-15/h2-12H,13-14H2,1H3,(H,29,32)/b21-10-. The lowest BCUT2D eigenvalue weighted by Crippen LogP contribution is -2.30. The number of halogens is 3. The van der Waals surface area contributed by atoms with E-state index >= 15 is 0 Å². The second kappa shape index (κ2) is 10.6. The SMILES string of the molecule is COc1cc(/C=C2\NC(=O)N(Cc3ccc(Cl)cc3)C2=O)c(Br)cc1OCc1ccc(Br)cc1. The van der Waals surface area contributed by atoms with Crippen LogP contribution in [0.15, 0.2) is 75.3 Å². The summed E-state index contributed by atoms with van der Waals surface area (Å²) in [6.07, 6.45) is 1.60. The fraction of sp³-hybridized carbons (Fsp3) is 0.120. The number of nitrogens with zero attached hydrogens (tertiary/aromatic N) is 1. The van der Waals surface area contributed by atoms with Crippen LogP contribution in [0, 0.1) is 0 Å². The Hall–Kier alpha value is -2.81. The molecule has 4 rings (SSSR count). The van der Waals surface area contributed by atoms with Crippen molar-refractivity contribution in [2.75, 3.05) is 7.11 Å². The van der Waals surface area contributed by atoms with Crippen LogP contribution in [0.3, 0.4) is 0 Å². The quantitative estimate of drug-likeness (QED) is 0.245. The molecular formula is C25H19Br2ClN2O4. The summed E-state index contributed by atoms with van der Waals surface area (Å²) in [6.45, 7) is 0.511. The van der Waals surface area contributed by atoms with E-state index in [4.69, 9.17) is 21.1 Å². The highest BCUT2D eigenvalue weighted by molar-refractivity contribution is 9.10. The maximum absolute atomic E-state index is 12.9. The molecule has 1 N–H and O–H groups in total. The third kappa shape index (κ3) is 5.63. The van der Waals surface area contributed by atoms with E-state index < -0.39 is 11.9 Å². The summed E-state index contributed by atoms with van der Waals surface area (Å²) >= 11 is 12.9. The zero-order chi connectivity index (χ0) is 24.2. The molecule has 0 saturated carbocycles. The second-order valence-electron chi connectivity index (χ2n) is 7.45. The van der Waals surface area contributed by atoms with Gasteiger partial charge in [-0.15, -0.1) is 0 Å². The van der Waals surface area contributed by atoms with Crippen LogP contribution in [0.5, 0.6) is 11.5 Å². The molecule has 1 aliphatic heterocycles. The number of amides is 3. The fourth-order valence-corrected chi connectivity index (χ4v) is 4.15. The maximum Gasteiger partial charge on any atom is 0.329 e. The van der Waals surface area contributed by atoms with Crippen LogP contribution in [-0.4, -0.2) is 23.9 Å². The molecule has 6 nitrogen and oxygen atoms in total. The normalized spacial score (nSPS) is 14.5. The van der Waals surface area contributed by atoms with E-state index in [-0.39, 0.29) is 12.2 Å². The Morgan fingerprint density at radius 1 is 0.971 bits per heavy atom. The molecule has 1 fully saturated rings. The first-order valence-corrected chi connectivity index (χ1v) is 12.1. The Labute approximate surface area is 218 Å². The number of carbonyl (C=O) groups excluding carboxylic acids is 2. The molecule has 0 radical (unpaired) electrons. The lowest BCUT2D eigenvalue weighted by Gasteiger charge is -2.13. The van der Waals surface area contributed by atoms with Gasteiger partial charge in [0, 0.05) is 14.0 Å². The molecule has 174 valence electrons. The zero-order valence-electron chi connectivity index (χ0n) is 18.0. The van der Waals surface area contributed by atoms with Crippen LogP contribution in [0.1, 0.15) is 16.7 Å². The molecule has 9 heteroatoms. The van der Waals surface area contributed by atoms with E-state index in [1.165, 1.54) is 0 Å². The molecule has 0 aromatic heterocycles. The molecule has 3 aromatic rings. The smallest absolute Gasteiger partial charge is 0.329 e. The van der Waals surface area contributed by atoms with Crippen LogP contribution in [0.4, 0.5) is 4.79 Å². The van der Waals surface area contributed by atoms with Gasteiger partial charge < -0.3 is 14.8 Å². The lowest BCUT2D eigenvalue weighted by atomic mass is 10.1. The van der Waals surface area contributed by atoms with Crippen LogP contribution < -0.4 is 14.8 Å². The van der Waals surface area contributed by atoms with Crippen molar-refractivity contribution in [2.45, 2.75) is 13.2 Å². The van der Waals surface area contributed by atoms with Crippen molar-refractivity contribution < 1.29 is 19.1 Å². The van der Waals surface area contributed by atoms with Crippen molar-refractivity contribution in [1.82, 2.24) is 10.2 Å². The Balaban J connectivity index is 1.52. The van der Waals surface area contributed by atoms with E-state index in [9.17, 15) is 9.59 Å². The predicted molar refractivity (Wildman–Crippen MR) is 138 cm³/mol. The maximum atomic E-state index is 12.9. The highest BCUT2D eigenvalue weighted by Gasteiger charge is 2.33. The molecule has 3 aromatic carbocycles. The summed E-state index contributed by atoms with van der Waals surface area (Å²) in [7, 11) is 1.54. The lowest BCUT2D eigenvalue weighted by molar-refractivity contribution is -0.123. The summed E-state index contributed by atoms with van der Waals surface area (Å²) in [5.74, 6) is 0.633. The van der Waals surface area contributed by atoms with Crippen LogP contribution in [0.2, 0.25) is 5.02 Å². The minimum Gasteiger partial charge on any atom is -0.493 e. The molecule has 0 atom stereocenters. The van der Waals surface area contributed by atoms with Crippen molar-refractivity contribution >= 4 is 61.5 Å². The first-order chi connectivity index (χ1) is 16.3. The summed E-state index contributed by atoms with van der Waals surface area (Å²) in [5, 5.41) is 3.23. The van der Waals surface area contributed by atoms with E-state index in [1.54, 1.807) is 49.6 Å². The molecule has 3 amide bonds. The van der Waals surface area contributed by atoms with Gasteiger partial charge in [-0.1, -0.05) is 67.7 Å². The Morgan fingerprint density at radius 3 is 2.32 bits per heavy atom. The number of hydrogen-bond donors (Lipinski definition) is 1. The first kappa shape index (κ1) is 24.3. The van der Waals surface area contributed by atoms with Gasteiger partial charge in [0.15, 0.2) is 11.5 Å². The topological polar surface area (TPSA) is 67.9 Å². The van der Waals surface area contributed by atoms with Gasteiger partial charge in [0.05, 0.1) is 13.7 Å². The number of rotatable bonds is 7. The van der Waals surface area contributed by atoms with Crippen molar-refractivity contribution in [2.24, 2.45) is 0 Å². The number of hydrogen-bond acceptors (Lipinski definition) is 4. The van der Waals surface area contributed by atoms with Gasteiger partial charge in [-0.2, -0.15) is 0 Å². The fourth-order valence-electron chi connectivity index (χ4n) is 3.32. The van der Waals surface area contributed by atoms with E-state index in [1.807, 2.05) is 24.3 Å². The second-order valence-corrected chi connectivity index (χ2v) is 9.65. The number of ether oxygens (including phenoxy) is 2. The van der Waals surface area contributed by atoms with Gasteiger partial charge >= 0.3 is 6.03 Å². The summed E-state index contributed by atoms with van der Waals surface area (Å²) in [4.78, 5) is 26.5. The van der Waals surface area contributed by atoms with E-state index in [0.29, 0.717) is 33.2 Å². The van der Waals surface area contributed by atoms with Gasteiger partial charge in [-0.25, -0.2) is 4.79 Å². The summed E-state index contributed by atoms with van der Waals surface area (Å²) in [6, 6.07) is 17.9. The highest BCUT2D eigenvalue weighted by atomic mass is 79.9. The molecule has 0 unspecified atom stereocenters. The molecule has 0 spiro atoms. The summed E-state index contributed by atoms with van der Waals surface area (Å²) < 4.78 is 13.1. The molecule has 1 aliphatic rings. The van der Waals surface area contributed by atoms with Crippen LogP contribution in [-0.2, 0) is 17.9 Å². The van der Waals surface area contributed by atoms with Gasteiger partial charge in [-0.3, -0.25) is 9.69 Å². The van der Waals surface area contributed by atoms with Gasteiger partial charge in [0.2, 0.25) is 0 Å². The van der Waals surface area contributed by atoms with E-state index in [0.717, 1.165) is 20.5 Å². The average molecular weight is 607 g/mol. The largest absolute Gasteiger partial charge is 0.493 e. The zero-order valence-corrected chi connectivity index (χ0v) is 21.9. The van der Waals surface area contributed by atoms with E-state index in [2.05, 4.69) is 37.2 Å². The number of benzene rings is 3. The van der Waals surface area contributed by atoms with Crippen molar-refractivity contribution in [3.8, 4) is 11.5 Å². The van der Waals surface area contributed by atoms with Gasteiger partial charge in [0.1, 0.15) is 12.3 Å². The first-order valence-electron chi connectivity index (χ1n) is 10.2. The predicted octanol–water partition coefficient (Wildman–Crippen LogP) is 6.55.